The third kappa shape index (κ3) is 3.54. The van der Waals surface area contributed by atoms with Crippen molar-refractivity contribution >= 4 is 34.3 Å². The summed E-state index contributed by atoms with van der Waals surface area (Å²) in [4.78, 5) is 16.9. The number of hydrogen-bond donors (Lipinski definition) is 1. The molecule has 1 aliphatic rings. The van der Waals surface area contributed by atoms with Gasteiger partial charge in [-0.3, -0.25) is 4.79 Å². The minimum absolute atomic E-state index is 0.105. The Morgan fingerprint density at radius 1 is 1.12 bits per heavy atom. The lowest BCUT2D eigenvalue weighted by Gasteiger charge is -2.20. The summed E-state index contributed by atoms with van der Waals surface area (Å²) in [5, 5.41) is 3.65. The third-order valence-corrected chi connectivity index (χ3v) is 4.94. The van der Waals surface area contributed by atoms with Crippen molar-refractivity contribution in [3.63, 3.8) is 0 Å². The maximum absolute atomic E-state index is 12.4. The third-order valence-electron chi connectivity index (χ3n) is 4.70. The molecule has 0 saturated heterocycles. The fraction of sp³-hybridized carbons (Fsp3) is 0.300. The van der Waals surface area contributed by atoms with Crippen molar-refractivity contribution in [2.24, 2.45) is 5.92 Å². The van der Waals surface area contributed by atoms with Crippen LogP contribution in [0.25, 0.3) is 22.6 Å². The highest BCUT2D eigenvalue weighted by Gasteiger charge is 2.21. The summed E-state index contributed by atoms with van der Waals surface area (Å²) >= 11 is 6.03. The van der Waals surface area contributed by atoms with E-state index in [1.807, 2.05) is 42.5 Å². The zero-order chi connectivity index (χ0) is 17.2. The van der Waals surface area contributed by atoms with Crippen LogP contribution in [-0.2, 0) is 4.79 Å². The monoisotopic (exact) mass is 354 g/mol. The Balaban J connectivity index is 1.56. The van der Waals surface area contributed by atoms with Gasteiger partial charge in [-0.25, -0.2) is 4.98 Å². The average molecular weight is 355 g/mol. The number of oxazole rings is 1. The number of fused-ring (bicyclic) bond motifs is 1. The summed E-state index contributed by atoms with van der Waals surface area (Å²) in [6.07, 6.45) is 5.48. The van der Waals surface area contributed by atoms with Crippen molar-refractivity contribution in [1.29, 1.82) is 0 Å². The molecule has 0 aliphatic heterocycles. The van der Waals surface area contributed by atoms with Crippen molar-refractivity contribution in [1.82, 2.24) is 4.98 Å². The van der Waals surface area contributed by atoms with E-state index in [1.165, 1.54) is 6.42 Å². The van der Waals surface area contributed by atoms with Gasteiger partial charge in [0.15, 0.2) is 5.58 Å². The lowest BCUT2D eigenvalue weighted by Crippen LogP contribution is -2.24. The number of benzene rings is 2. The molecule has 0 spiro atoms. The van der Waals surface area contributed by atoms with Gasteiger partial charge in [-0.1, -0.05) is 36.9 Å². The van der Waals surface area contributed by atoms with Crippen LogP contribution in [0.2, 0.25) is 5.02 Å². The molecule has 1 aromatic heterocycles. The van der Waals surface area contributed by atoms with Crippen LogP contribution >= 0.6 is 11.6 Å². The number of nitrogens with one attached hydrogen (secondary N) is 1. The molecule has 2 aromatic carbocycles. The Hall–Kier alpha value is -2.33. The molecule has 0 bridgehead atoms. The summed E-state index contributed by atoms with van der Waals surface area (Å²) in [6, 6.07) is 13.0. The first-order valence-electron chi connectivity index (χ1n) is 8.66. The number of rotatable bonds is 3. The summed E-state index contributed by atoms with van der Waals surface area (Å²) in [5.74, 6) is 0.753. The molecule has 1 fully saturated rings. The molecule has 1 saturated carbocycles. The van der Waals surface area contributed by atoms with Gasteiger partial charge in [0.2, 0.25) is 11.8 Å². The molecular weight excluding hydrogens is 336 g/mol. The van der Waals surface area contributed by atoms with Crippen LogP contribution in [0.15, 0.2) is 46.9 Å². The Labute approximate surface area is 151 Å². The van der Waals surface area contributed by atoms with Crippen molar-refractivity contribution in [3.05, 3.63) is 47.5 Å². The van der Waals surface area contributed by atoms with E-state index in [0.29, 0.717) is 16.5 Å². The van der Waals surface area contributed by atoms with Crippen LogP contribution in [0.5, 0.6) is 0 Å². The Morgan fingerprint density at radius 3 is 2.76 bits per heavy atom. The van der Waals surface area contributed by atoms with Crippen LogP contribution in [0.1, 0.15) is 32.1 Å². The molecule has 0 unspecified atom stereocenters. The summed E-state index contributed by atoms with van der Waals surface area (Å²) in [7, 11) is 0. The molecule has 1 amide bonds. The van der Waals surface area contributed by atoms with Gasteiger partial charge in [0.05, 0.1) is 0 Å². The molecule has 1 aliphatic carbocycles. The quantitative estimate of drug-likeness (QED) is 0.659. The zero-order valence-electron chi connectivity index (χ0n) is 13.8. The highest BCUT2D eigenvalue weighted by molar-refractivity contribution is 6.30. The Kier molecular flexibility index (Phi) is 4.45. The van der Waals surface area contributed by atoms with Gasteiger partial charge in [-0.15, -0.1) is 0 Å². The van der Waals surface area contributed by atoms with Gasteiger partial charge in [0, 0.05) is 28.3 Å². The molecular formula is C20H19ClN2O2. The molecule has 4 nitrogen and oxygen atoms in total. The number of carbonyl (C=O) groups excluding carboxylic acids is 1. The van der Waals surface area contributed by atoms with E-state index < -0.39 is 0 Å². The van der Waals surface area contributed by atoms with E-state index in [9.17, 15) is 4.79 Å². The molecule has 1 heterocycles. The molecule has 128 valence electrons. The Bertz CT molecular complexity index is 913. The first-order chi connectivity index (χ1) is 12.2. The number of hydrogen-bond acceptors (Lipinski definition) is 3. The van der Waals surface area contributed by atoms with Crippen LogP contribution in [0, 0.1) is 5.92 Å². The smallest absolute Gasteiger partial charge is 0.227 e. The number of anilines is 1. The molecule has 4 rings (SSSR count). The lowest BCUT2D eigenvalue weighted by molar-refractivity contribution is -0.120. The van der Waals surface area contributed by atoms with E-state index in [4.69, 9.17) is 16.0 Å². The van der Waals surface area contributed by atoms with Crippen molar-refractivity contribution in [2.75, 3.05) is 5.32 Å². The van der Waals surface area contributed by atoms with Crippen molar-refractivity contribution < 1.29 is 9.21 Å². The van der Waals surface area contributed by atoms with Gasteiger partial charge < -0.3 is 9.73 Å². The van der Waals surface area contributed by atoms with Gasteiger partial charge in [-0.2, -0.15) is 0 Å². The van der Waals surface area contributed by atoms with Crippen LogP contribution in [-0.4, -0.2) is 10.9 Å². The SMILES string of the molecule is O=C(Nc1ccc2nc(-c3cccc(Cl)c3)oc2c1)C1CCCCC1. The van der Waals surface area contributed by atoms with Crippen LogP contribution < -0.4 is 5.32 Å². The van der Waals surface area contributed by atoms with Gasteiger partial charge >= 0.3 is 0 Å². The van der Waals surface area contributed by atoms with E-state index in [2.05, 4.69) is 10.3 Å². The van der Waals surface area contributed by atoms with E-state index >= 15 is 0 Å². The van der Waals surface area contributed by atoms with Crippen molar-refractivity contribution in [3.8, 4) is 11.5 Å². The largest absolute Gasteiger partial charge is 0.436 e. The number of amides is 1. The second-order valence-corrected chi connectivity index (χ2v) is 6.97. The average Bonchev–Trinajstić information content (AvgIpc) is 3.06. The van der Waals surface area contributed by atoms with E-state index in [-0.39, 0.29) is 11.8 Å². The standard InChI is InChI=1S/C20H19ClN2O2/c21-15-8-4-7-14(11-15)20-23-17-10-9-16(12-18(17)25-20)22-19(24)13-5-2-1-3-6-13/h4,7-13H,1-3,5-6H2,(H,22,24). The van der Waals surface area contributed by atoms with Crippen LogP contribution in [0.3, 0.4) is 0 Å². The normalized spacial score (nSPS) is 15.4. The fourth-order valence-corrected chi connectivity index (χ4v) is 3.55. The van der Waals surface area contributed by atoms with E-state index in [0.717, 1.165) is 42.5 Å². The Morgan fingerprint density at radius 2 is 1.96 bits per heavy atom. The molecule has 1 N–H and O–H groups in total. The first kappa shape index (κ1) is 16.2. The van der Waals surface area contributed by atoms with E-state index in [1.54, 1.807) is 0 Å². The summed E-state index contributed by atoms with van der Waals surface area (Å²) in [6.45, 7) is 0. The number of carbonyl (C=O) groups is 1. The van der Waals surface area contributed by atoms with Gasteiger partial charge in [0.25, 0.3) is 0 Å². The fourth-order valence-electron chi connectivity index (χ4n) is 3.36. The molecule has 3 aromatic rings. The first-order valence-corrected chi connectivity index (χ1v) is 9.04. The maximum Gasteiger partial charge on any atom is 0.227 e. The second kappa shape index (κ2) is 6.89. The highest BCUT2D eigenvalue weighted by atomic mass is 35.5. The zero-order valence-corrected chi connectivity index (χ0v) is 14.6. The molecule has 25 heavy (non-hydrogen) atoms. The number of halogens is 1. The van der Waals surface area contributed by atoms with Gasteiger partial charge in [0.1, 0.15) is 5.52 Å². The molecule has 5 heteroatoms. The highest BCUT2D eigenvalue weighted by Crippen LogP contribution is 2.29. The minimum atomic E-state index is 0.105. The van der Waals surface area contributed by atoms with Crippen LogP contribution in [0.4, 0.5) is 5.69 Å². The summed E-state index contributed by atoms with van der Waals surface area (Å²) in [5.41, 5.74) is 2.98. The molecule has 0 atom stereocenters. The number of nitrogens with zero attached hydrogens (tertiary/aromatic N) is 1. The maximum atomic E-state index is 12.4. The number of aromatic nitrogens is 1. The van der Waals surface area contributed by atoms with Gasteiger partial charge in [-0.05, 0) is 43.2 Å². The molecule has 0 radical (unpaired) electrons. The predicted molar refractivity (Wildman–Crippen MR) is 99.7 cm³/mol. The topological polar surface area (TPSA) is 55.1 Å². The lowest BCUT2D eigenvalue weighted by atomic mass is 9.88. The van der Waals surface area contributed by atoms with Crippen molar-refractivity contribution in [2.45, 2.75) is 32.1 Å². The summed E-state index contributed by atoms with van der Waals surface area (Å²) < 4.78 is 5.86. The predicted octanol–water partition coefficient (Wildman–Crippen LogP) is 5.67. The second-order valence-electron chi connectivity index (χ2n) is 6.54. The minimum Gasteiger partial charge on any atom is -0.436 e.